The van der Waals surface area contributed by atoms with Gasteiger partial charge in [0.1, 0.15) is 5.76 Å². The number of carbonyl (C=O) groups is 4. The van der Waals surface area contributed by atoms with Gasteiger partial charge in [0, 0.05) is 51.1 Å². The Morgan fingerprint density at radius 3 is 1.93 bits per heavy atom. The van der Waals surface area contributed by atoms with Crippen LogP contribution < -0.4 is 16.1 Å². The number of nitrogens with zero attached hydrogens (tertiary/aromatic N) is 3. The molecule has 16 nitrogen and oxygen atoms in total. The van der Waals surface area contributed by atoms with Crippen molar-refractivity contribution in [2.45, 2.75) is 108 Å². The molecule has 408 valence electrons. The van der Waals surface area contributed by atoms with Crippen LogP contribution >= 0.6 is 0 Å². The topological polar surface area (TPSA) is 182 Å². The van der Waals surface area contributed by atoms with E-state index in [0.717, 1.165) is 35.9 Å². The highest BCUT2D eigenvalue weighted by atomic mass is 16.6. The number of furan rings is 1. The van der Waals surface area contributed by atoms with Crippen LogP contribution in [0.1, 0.15) is 118 Å². The van der Waals surface area contributed by atoms with E-state index >= 15 is 0 Å². The van der Waals surface area contributed by atoms with Gasteiger partial charge < -0.3 is 43.6 Å². The van der Waals surface area contributed by atoms with E-state index in [1.807, 2.05) is 79.0 Å². The second-order valence-electron chi connectivity index (χ2n) is 15.6. The van der Waals surface area contributed by atoms with Gasteiger partial charge in [0.15, 0.2) is 12.0 Å². The van der Waals surface area contributed by atoms with E-state index in [1.54, 1.807) is 18.6 Å². The molecule has 2 aliphatic rings. The number of aldehydes is 1. The van der Waals surface area contributed by atoms with E-state index in [9.17, 15) is 14.4 Å². The zero-order valence-electron chi connectivity index (χ0n) is 47.2. The molecule has 1 aromatic rings. The van der Waals surface area contributed by atoms with Crippen molar-refractivity contribution < 1.29 is 47.3 Å². The Bertz CT molecular complexity index is 1710. The summed E-state index contributed by atoms with van der Waals surface area (Å²) in [5.41, 5.74) is 9.15. The van der Waals surface area contributed by atoms with Crippen LogP contribution in [0.2, 0.25) is 0 Å². The van der Waals surface area contributed by atoms with Crippen LogP contribution in [0.3, 0.4) is 0 Å². The molecular formula is C55H98N6O10. The van der Waals surface area contributed by atoms with Crippen molar-refractivity contribution in [2.75, 3.05) is 114 Å². The maximum Gasteiger partial charge on any atom is 0.292 e. The largest absolute Gasteiger partial charge is 0.471 e. The lowest BCUT2D eigenvalue weighted by Gasteiger charge is -2.16. The lowest BCUT2D eigenvalue weighted by Crippen LogP contribution is -2.25. The third-order valence-electron chi connectivity index (χ3n) is 9.97. The Morgan fingerprint density at radius 1 is 0.930 bits per heavy atom. The third kappa shape index (κ3) is 40.5. The summed E-state index contributed by atoms with van der Waals surface area (Å²) in [6.45, 7) is 35.3. The van der Waals surface area contributed by atoms with Crippen LogP contribution in [-0.4, -0.2) is 160 Å². The van der Waals surface area contributed by atoms with Crippen LogP contribution in [0, 0.1) is 5.92 Å². The van der Waals surface area contributed by atoms with Gasteiger partial charge in [0.2, 0.25) is 11.8 Å². The fourth-order valence-corrected chi connectivity index (χ4v) is 6.01. The summed E-state index contributed by atoms with van der Waals surface area (Å²) in [5.74, 6) is 1.44. The first kappa shape index (κ1) is 72.7. The van der Waals surface area contributed by atoms with Gasteiger partial charge in [-0.3, -0.25) is 24.1 Å². The first-order valence-corrected chi connectivity index (χ1v) is 25.0. The zero-order chi connectivity index (χ0) is 54.8. The predicted molar refractivity (Wildman–Crippen MR) is 294 cm³/mol. The van der Waals surface area contributed by atoms with E-state index in [2.05, 4.69) is 103 Å². The van der Waals surface area contributed by atoms with Gasteiger partial charge >= 0.3 is 0 Å². The molecule has 2 unspecified atom stereocenters. The molecule has 3 rings (SSSR count). The predicted octanol–water partition coefficient (Wildman–Crippen LogP) is 8.66. The van der Waals surface area contributed by atoms with Gasteiger partial charge in [-0.1, -0.05) is 88.8 Å². The van der Waals surface area contributed by atoms with Crippen molar-refractivity contribution in [1.29, 1.82) is 0 Å². The molecule has 71 heavy (non-hydrogen) atoms. The van der Waals surface area contributed by atoms with Crippen molar-refractivity contribution in [1.82, 2.24) is 25.9 Å². The summed E-state index contributed by atoms with van der Waals surface area (Å²) in [6, 6.07) is 2.31. The molecule has 1 aliphatic heterocycles. The second-order valence-corrected chi connectivity index (χ2v) is 15.6. The summed E-state index contributed by atoms with van der Waals surface area (Å²) in [4.78, 5) is 47.2. The second kappa shape index (κ2) is 51.5. The first-order chi connectivity index (χ1) is 34.1. The Labute approximate surface area is 430 Å². The van der Waals surface area contributed by atoms with E-state index in [4.69, 9.17) is 28.2 Å². The van der Waals surface area contributed by atoms with Crippen LogP contribution in [0.25, 0.3) is 6.08 Å². The SMILES string of the molecule is C/C=C\C(C)=C1/C(CC)CN(C)C1C.C=C/C(C)=C/C.CC.CC.CC(=O)NCCOCCOCCOCCOCCC(=O)N/N=C(\C)C1=Cc2cc(C=O)oc2CC=C1.CNCCN(C)C.COC=O. The highest BCUT2D eigenvalue weighted by Crippen LogP contribution is 2.32. The minimum Gasteiger partial charge on any atom is -0.471 e. The number of rotatable bonds is 25. The van der Waals surface area contributed by atoms with Gasteiger partial charge in [0.25, 0.3) is 6.47 Å². The fraction of sp³-hybridized carbons (Fsp3) is 0.618. The number of methoxy groups -OCH3 is 1. The van der Waals surface area contributed by atoms with Crippen molar-refractivity contribution in [3.63, 3.8) is 0 Å². The number of amides is 2. The number of hydrogen-bond donors (Lipinski definition) is 3. The van der Waals surface area contributed by atoms with Gasteiger partial charge in [-0.05, 0) is 105 Å². The van der Waals surface area contributed by atoms with Crippen molar-refractivity contribution in [3.05, 3.63) is 88.5 Å². The number of carbonyl (C=O) groups excluding carboxylic acids is 4. The minimum atomic E-state index is -0.256. The summed E-state index contributed by atoms with van der Waals surface area (Å²) in [7, 11) is 9.63. The molecule has 2 heterocycles. The lowest BCUT2D eigenvalue weighted by atomic mass is 9.92. The van der Waals surface area contributed by atoms with Gasteiger partial charge in [-0.15, -0.1) is 0 Å². The molecule has 0 aromatic carbocycles. The molecule has 2 amide bonds. The number of hydrogen-bond acceptors (Lipinski definition) is 14. The molecule has 0 saturated carbocycles. The standard InChI is InChI=1S/C25H35N3O8.C13H23N.C6H10.C5H14N2.C2H4O2.2C2H6/c1-19(21-4-3-5-24-22(16-21)17-23(18-29)36-24)27-28-25(31)6-8-32-10-12-34-14-15-35-13-11-33-9-7-26-20(2)30;1-6-8-10(3)13-11(4)14(5)9-12(13)7-2;1-4-6(3)5-2;1-6-4-5-7(2)3;1-4-2-3;2*1-2/h3-4,16-18H,5-15H2,1-2H3,(H,26,30)(H,28,31);6,8,11-12H,7,9H2,1-5H3;4-5H,1H2,2-3H3;6H,4-5H2,1-3H3;2H,1H3;2*1-2H3/b27-19+;8-6-,13-10-;6-5+;;;;. The minimum absolute atomic E-state index is 0.0771. The third-order valence-corrected chi connectivity index (χ3v) is 9.97. The maximum atomic E-state index is 12.0. The number of hydrazone groups is 1. The molecule has 1 aliphatic carbocycles. The van der Waals surface area contributed by atoms with E-state index in [-0.39, 0.29) is 30.6 Å². The van der Waals surface area contributed by atoms with Crippen LogP contribution in [0.15, 0.2) is 80.9 Å². The quantitative estimate of drug-likeness (QED) is 0.0279. The highest BCUT2D eigenvalue weighted by Gasteiger charge is 2.31. The molecule has 3 N–H and O–H groups in total. The van der Waals surface area contributed by atoms with Crippen LogP contribution in [-0.2, 0) is 44.5 Å². The van der Waals surface area contributed by atoms with E-state index < -0.39 is 0 Å². The van der Waals surface area contributed by atoms with Gasteiger partial charge in [0.05, 0.1) is 72.1 Å². The number of fused-ring (bicyclic) bond motifs is 1. The van der Waals surface area contributed by atoms with Gasteiger partial charge in [-0.25, -0.2) is 5.43 Å². The van der Waals surface area contributed by atoms with Crippen molar-refractivity contribution >= 4 is 36.4 Å². The van der Waals surface area contributed by atoms with Crippen LogP contribution in [0.4, 0.5) is 0 Å². The number of nitrogens with one attached hydrogen (secondary N) is 3. The van der Waals surface area contributed by atoms with Crippen molar-refractivity contribution in [2.24, 2.45) is 11.0 Å². The molecular weight excluding hydrogens is 905 g/mol. The number of allylic oxidation sites excluding steroid dienone is 9. The molecule has 16 heteroatoms. The Balaban J connectivity index is -0.000000518. The van der Waals surface area contributed by atoms with Gasteiger partial charge in [-0.2, -0.15) is 5.10 Å². The average Bonchev–Trinajstić information content (AvgIpc) is 3.84. The number of ether oxygens (including phenoxy) is 5. The molecule has 2 atom stereocenters. The molecule has 1 saturated heterocycles. The fourth-order valence-electron chi connectivity index (χ4n) is 6.01. The average molecular weight is 1000 g/mol. The highest BCUT2D eigenvalue weighted by molar-refractivity contribution is 6.05. The maximum absolute atomic E-state index is 12.0. The molecule has 0 spiro atoms. The number of likely N-dealkylation sites (N-methyl/N-ethyl adjacent to an activating group) is 3. The van der Waals surface area contributed by atoms with Crippen molar-refractivity contribution in [3.8, 4) is 0 Å². The smallest absolute Gasteiger partial charge is 0.292 e. The zero-order valence-corrected chi connectivity index (χ0v) is 47.2. The van der Waals surface area contributed by atoms with E-state index in [1.165, 1.54) is 38.1 Å². The first-order valence-electron chi connectivity index (χ1n) is 25.0. The molecule has 1 fully saturated rings. The Hall–Kier alpha value is -4.81. The monoisotopic (exact) mass is 1000 g/mol. The lowest BCUT2D eigenvalue weighted by molar-refractivity contribution is -0.126. The summed E-state index contributed by atoms with van der Waals surface area (Å²) >= 11 is 0. The molecule has 1 aromatic heterocycles. The normalized spacial score (nSPS) is 15.5. The number of likely N-dealkylation sites (tertiary alicyclic amines) is 1. The Kier molecular flexibility index (Phi) is 52.8. The molecule has 0 radical (unpaired) electrons. The molecule has 0 bridgehead atoms. The van der Waals surface area contributed by atoms with Crippen LogP contribution in [0.5, 0.6) is 0 Å². The summed E-state index contributed by atoms with van der Waals surface area (Å²) in [6.07, 6.45) is 16.6. The van der Waals surface area contributed by atoms with E-state index in [0.29, 0.717) is 83.7 Å². The Morgan fingerprint density at radius 2 is 1.49 bits per heavy atom. The summed E-state index contributed by atoms with van der Waals surface area (Å²) in [5, 5.41) is 9.86. The summed E-state index contributed by atoms with van der Waals surface area (Å²) < 4.78 is 30.8.